The Morgan fingerprint density at radius 3 is 2.40 bits per heavy atom. The molecule has 9 heteroatoms. The van der Waals surface area contributed by atoms with Crippen LogP contribution >= 0.6 is 7.60 Å². The van der Waals surface area contributed by atoms with Crippen LogP contribution in [0.25, 0.3) is 17.3 Å². The molecule has 1 amide bonds. The fraction of sp³-hybridized carbons (Fsp3) is 0.143. The van der Waals surface area contributed by atoms with Crippen LogP contribution in [0.3, 0.4) is 0 Å². The number of hydrogen-bond acceptors (Lipinski definition) is 3. The van der Waals surface area contributed by atoms with Gasteiger partial charge in [-0.25, -0.2) is 4.39 Å². The van der Waals surface area contributed by atoms with E-state index in [0.717, 1.165) is 22.5 Å². The highest BCUT2D eigenvalue weighted by Crippen LogP contribution is 2.39. The predicted molar refractivity (Wildman–Crippen MR) is 113 cm³/mol. The lowest BCUT2D eigenvalue weighted by Crippen LogP contribution is -2.07. The van der Waals surface area contributed by atoms with E-state index in [2.05, 4.69) is 10.4 Å². The van der Waals surface area contributed by atoms with Gasteiger partial charge in [-0.2, -0.15) is 5.10 Å². The number of aryl methyl sites for hydroxylation is 2. The number of amides is 1. The Balaban J connectivity index is 1.75. The molecule has 0 fully saturated rings. The van der Waals surface area contributed by atoms with E-state index in [0.29, 0.717) is 11.3 Å². The molecule has 3 N–H and O–H groups in total. The van der Waals surface area contributed by atoms with Crippen LogP contribution in [0.4, 0.5) is 10.1 Å². The van der Waals surface area contributed by atoms with Crippen molar-refractivity contribution in [3.63, 3.8) is 0 Å². The van der Waals surface area contributed by atoms with Gasteiger partial charge >= 0.3 is 7.60 Å². The standard InChI is InChI=1S/C21H21FN3O4P/c1-14-19(21(25(2)24-14)16-5-7-17(22)8-6-16)11-12-20(26)23-18-9-3-15(4-10-18)13-30(27,28)29/h3-12H,13H2,1-2H3,(H,23,26)(H2,27,28,29). The molecular formula is C21H21FN3O4P. The summed E-state index contributed by atoms with van der Waals surface area (Å²) in [5, 5.41) is 7.09. The summed E-state index contributed by atoms with van der Waals surface area (Å²) in [6.45, 7) is 1.82. The molecule has 0 saturated carbocycles. The molecule has 0 unspecified atom stereocenters. The topological polar surface area (TPSA) is 104 Å². The molecule has 156 valence electrons. The fourth-order valence-electron chi connectivity index (χ4n) is 3.10. The third-order valence-corrected chi connectivity index (χ3v) is 5.17. The van der Waals surface area contributed by atoms with Crippen LogP contribution in [0, 0.1) is 12.7 Å². The van der Waals surface area contributed by atoms with Crippen molar-refractivity contribution in [2.24, 2.45) is 7.05 Å². The van der Waals surface area contributed by atoms with Crippen molar-refractivity contribution in [1.29, 1.82) is 0 Å². The van der Waals surface area contributed by atoms with Crippen LogP contribution in [0.15, 0.2) is 54.6 Å². The zero-order chi connectivity index (χ0) is 21.9. The van der Waals surface area contributed by atoms with E-state index < -0.39 is 7.60 Å². The number of halogens is 1. The highest BCUT2D eigenvalue weighted by Gasteiger charge is 2.15. The minimum absolute atomic E-state index is 0.332. The Morgan fingerprint density at radius 2 is 1.80 bits per heavy atom. The molecule has 1 aromatic heterocycles. The molecule has 30 heavy (non-hydrogen) atoms. The van der Waals surface area contributed by atoms with Gasteiger partial charge < -0.3 is 15.1 Å². The SMILES string of the molecule is Cc1nn(C)c(-c2ccc(F)cc2)c1C=CC(=O)Nc1ccc(CP(=O)(O)O)cc1. The number of rotatable bonds is 6. The number of carbonyl (C=O) groups is 1. The van der Waals surface area contributed by atoms with Gasteiger partial charge in [0.25, 0.3) is 0 Å². The molecule has 3 aromatic rings. The maximum Gasteiger partial charge on any atom is 0.329 e. The van der Waals surface area contributed by atoms with Crippen LogP contribution in [-0.2, 0) is 22.6 Å². The lowest BCUT2D eigenvalue weighted by molar-refractivity contribution is -0.111. The molecule has 0 atom stereocenters. The molecule has 3 rings (SSSR count). The van der Waals surface area contributed by atoms with E-state index >= 15 is 0 Å². The molecular weight excluding hydrogens is 408 g/mol. The summed E-state index contributed by atoms with van der Waals surface area (Å²) in [5.41, 5.74) is 3.99. The maximum absolute atomic E-state index is 13.2. The Kier molecular flexibility index (Phi) is 6.31. The third-order valence-electron chi connectivity index (χ3n) is 4.40. The number of carbonyl (C=O) groups excluding carboxylic acids is 1. The summed E-state index contributed by atoms with van der Waals surface area (Å²) in [4.78, 5) is 30.3. The van der Waals surface area contributed by atoms with Gasteiger partial charge in [-0.3, -0.25) is 14.0 Å². The second-order valence-corrected chi connectivity index (χ2v) is 8.47. The molecule has 0 aliphatic heterocycles. The highest BCUT2D eigenvalue weighted by atomic mass is 31.2. The molecule has 0 aliphatic carbocycles. The molecule has 2 aromatic carbocycles. The Morgan fingerprint density at radius 1 is 1.17 bits per heavy atom. The second kappa shape index (κ2) is 8.75. The van der Waals surface area contributed by atoms with Crippen molar-refractivity contribution in [1.82, 2.24) is 9.78 Å². The van der Waals surface area contributed by atoms with Crippen molar-refractivity contribution in [3.05, 3.63) is 77.2 Å². The Labute approximate surface area is 173 Å². The van der Waals surface area contributed by atoms with Crippen LogP contribution in [-0.4, -0.2) is 25.5 Å². The van der Waals surface area contributed by atoms with E-state index in [1.807, 2.05) is 6.92 Å². The average Bonchev–Trinajstić information content (AvgIpc) is 2.94. The molecule has 0 saturated heterocycles. The van der Waals surface area contributed by atoms with Gasteiger partial charge in [0.2, 0.25) is 5.91 Å². The van der Waals surface area contributed by atoms with Crippen LogP contribution in [0.1, 0.15) is 16.8 Å². The van der Waals surface area contributed by atoms with Gasteiger partial charge in [0.1, 0.15) is 5.82 Å². The van der Waals surface area contributed by atoms with Crippen LogP contribution < -0.4 is 5.32 Å². The number of benzene rings is 2. The van der Waals surface area contributed by atoms with Crippen molar-refractivity contribution in [3.8, 4) is 11.3 Å². The minimum atomic E-state index is -4.14. The predicted octanol–water partition coefficient (Wildman–Crippen LogP) is 3.86. The fourth-order valence-corrected chi connectivity index (χ4v) is 3.78. The summed E-state index contributed by atoms with van der Waals surface area (Å²) >= 11 is 0. The zero-order valence-electron chi connectivity index (χ0n) is 16.4. The van der Waals surface area contributed by atoms with Crippen LogP contribution in [0.2, 0.25) is 0 Å². The quantitative estimate of drug-likeness (QED) is 0.408. The molecule has 1 heterocycles. The van der Waals surface area contributed by atoms with E-state index in [4.69, 9.17) is 9.79 Å². The third kappa shape index (κ3) is 5.51. The van der Waals surface area contributed by atoms with Gasteiger partial charge in [0.15, 0.2) is 0 Å². The lowest BCUT2D eigenvalue weighted by Gasteiger charge is -2.06. The number of nitrogens with one attached hydrogen (secondary N) is 1. The van der Waals surface area contributed by atoms with E-state index in [9.17, 15) is 13.8 Å². The van der Waals surface area contributed by atoms with E-state index in [-0.39, 0.29) is 17.9 Å². The smallest absolute Gasteiger partial charge is 0.324 e. The first-order valence-electron chi connectivity index (χ1n) is 9.04. The largest absolute Gasteiger partial charge is 0.329 e. The summed E-state index contributed by atoms with van der Waals surface area (Å²) in [6.07, 6.45) is 2.67. The van der Waals surface area contributed by atoms with Gasteiger partial charge in [-0.1, -0.05) is 12.1 Å². The maximum atomic E-state index is 13.2. The monoisotopic (exact) mass is 429 g/mol. The molecule has 0 radical (unpaired) electrons. The molecule has 0 aliphatic rings. The highest BCUT2D eigenvalue weighted by molar-refractivity contribution is 7.50. The number of hydrogen-bond donors (Lipinski definition) is 3. The van der Waals surface area contributed by atoms with Gasteiger partial charge in [0.05, 0.1) is 17.5 Å². The van der Waals surface area contributed by atoms with Crippen molar-refractivity contribution in [2.45, 2.75) is 13.1 Å². The number of anilines is 1. The number of aromatic nitrogens is 2. The summed E-state index contributed by atoms with van der Waals surface area (Å²) in [6, 6.07) is 12.3. The first-order valence-corrected chi connectivity index (χ1v) is 10.8. The van der Waals surface area contributed by atoms with E-state index in [1.54, 1.807) is 54.2 Å². The second-order valence-electron chi connectivity index (χ2n) is 6.82. The molecule has 0 bridgehead atoms. The van der Waals surface area contributed by atoms with Crippen LogP contribution in [0.5, 0.6) is 0 Å². The van der Waals surface area contributed by atoms with E-state index in [1.165, 1.54) is 18.2 Å². The Bertz CT molecular complexity index is 1130. The van der Waals surface area contributed by atoms with Crippen molar-refractivity contribution in [2.75, 3.05) is 5.32 Å². The van der Waals surface area contributed by atoms with Crippen molar-refractivity contribution >= 4 is 25.3 Å². The first kappa shape index (κ1) is 21.6. The van der Waals surface area contributed by atoms with Gasteiger partial charge in [-0.15, -0.1) is 0 Å². The summed E-state index contributed by atoms with van der Waals surface area (Å²) < 4.78 is 26.0. The summed E-state index contributed by atoms with van der Waals surface area (Å²) in [5.74, 6) is -0.702. The summed E-state index contributed by atoms with van der Waals surface area (Å²) in [7, 11) is -2.36. The Hall–Kier alpha value is -3.06. The van der Waals surface area contributed by atoms with Gasteiger partial charge in [0, 0.05) is 29.9 Å². The lowest BCUT2D eigenvalue weighted by atomic mass is 10.1. The van der Waals surface area contributed by atoms with Crippen molar-refractivity contribution < 1.29 is 23.5 Å². The molecule has 0 spiro atoms. The average molecular weight is 429 g/mol. The zero-order valence-corrected chi connectivity index (χ0v) is 17.3. The minimum Gasteiger partial charge on any atom is -0.324 e. The van der Waals surface area contributed by atoms with Gasteiger partial charge in [-0.05, 0) is 55.0 Å². The number of nitrogens with zero attached hydrogens (tertiary/aromatic N) is 2. The normalized spacial score (nSPS) is 11.8. The molecule has 7 nitrogen and oxygen atoms in total. The first-order chi connectivity index (χ1) is 14.1.